The van der Waals surface area contributed by atoms with Gasteiger partial charge in [0.1, 0.15) is 6.61 Å². The Labute approximate surface area is 195 Å². The molecule has 7 rings (SSSR count). The molecule has 1 aromatic carbocycles. The zero-order chi connectivity index (χ0) is 23.0. The molecule has 1 fully saturated rings. The molecule has 0 spiro atoms. The highest BCUT2D eigenvalue weighted by molar-refractivity contribution is 5.91. The lowest BCUT2D eigenvalue weighted by molar-refractivity contribution is -0.157. The van der Waals surface area contributed by atoms with E-state index in [1.807, 2.05) is 12.1 Å². The maximum absolute atomic E-state index is 13.4. The lowest BCUT2D eigenvalue weighted by Crippen LogP contribution is -2.32. The van der Waals surface area contributed by atoms with E-state index in [9.17, 15) is 14.7 Å². The van der Waals surface area contributed by atoms with Crippen LogP contribution in [0.1, 0.15) is 72.8 Å². The predicted octanol–water partition coefficient (Wildman–Crippen LogP) is 3.68. The van der Waals surface area contributed by atoms with E-state index in [1.54, 1.807) is 10.6 Å². The quantitative estimate of drug-likeness (QED) is 0.342. The Bertz CT molecular complexity index is 1430. The first-order valence-electron chi connectivity index (χ1n) is 12.0. The van der Waals surface area contributed by atoms with E-state index in [0.29, 0.717) is 35.0 Å². The van der Waals surface area contributed by atoms with Crippen LogP contribution in [0.25, 0.3) is 22.3 Å². The number of ether oxygens (including phenoxy) is 3. The first kappa shape index (κ1) is 20.0. The molecule has 0 radical (unpaired) electrons. The number of aliphatic hydroxyl groups is 1. The second kappa shape index (κ2) is 7.30. The summed E-state index contributed by atoms with van der Waals surface area (Å²) in [5.41, 5.74) is 4.92. The summed E-state index contributed by atoms with van der Waals surface area (Å²) in [6.45, 7) is 0.499. The van der Waals surface area contributed by atoms with Gasteiger partial charge in [-0.25, -0.2) is 9.78 Å². The van der Waals surface area contributed by atoms with Crippen LogP contribution in [0.2, 0.25) is 0 Å². The average Bonchev–Trinajstić information content (AvgIpc) is 3.34. The largest absolute Gasteiger partial charge is 0.458 e. The molecule has 1 aliphatic carbocycles. The number of benzene rings is 1. The van der Waals surface area contributed by atoms with E-state index in [0.717, 1.165) is 40.8 Å². The molecule has 3 aliphatic heterocycles. The fraction of sp³-hybridized carbons (Fsp3) is 0.423. The number of cyclic esters (lactones) is 1. The second-order valence-corrected chi connectivity index (χ2v) is 9.63. The molecule has 1 unspecified atom stereocenters. The minimum atomic E-state index is -1.46. The summed E-state index contributed by atoms with van der Waals surface area (Å²) in [5.74, 6) is 1.04. The number of fused-ring (bicyclic) bond motifs is 6. The number of rotatable bonds is 1. The number of carbonyl (C=O) groups is 1. The molecule has 8 heteroatoms. The molecule has 3 aromatic rings. The van der Waals surface area contributed by atoms with Gasteiger partial charge in [-0.15, -0.1) is 0 Å². The van der Waals surface area contributed by atoms with Crippen molar-refractivity contribution >= 4 is 16.9 Å². The van der Waals surface area contributed by atoms with Crippen LogP contribution in [0.4, 0.5) is 0 Å². The van der Waals surface area contributed by atoms with Gasteiger partial charge in [0, 0.05) is 22.6 Å². The Kier molecular flexibility index (Phi) is 4.30. The maximum atomic E-state index is 13.4. The van der Waals surface area contributed by atoms with Gasteiger partial charge in [0.15, 0.2) is 17.6 Å². The van der Waals surface area contributed by atoms with Gasteiger partial charge < -0.3 is 23.9 Å². The molecule has 1 N–H and O–H groups in total. The average molecular weight is 460 g/mol. The van der Waals surface area contributed by atoms with Crippen molar-refractivity contribution in [2.75, 3.05) is 6.79 Å². The summed E-state index contributed by atoms with van der Waals surface area (Å²) in [6, 6.07) is 5.71. The lowest BCUT2D eigenvalue weighted by Gasteiger charge is -2.21. The Morgan fingerprint density at radius 3 is 2.50 bits per heavy atom. The van der Waals surface area contributed by atoms with Gasteiger partial charge >= 0.3 is 5.97 Å². The van der Waals surface area contributed by atoms with Gasteiger partial charge in [0.05, 0.1) is 29.0 Å². The van der Waals surface area contributed by atoms with Crippen molar-refractivity contribution in [3.63, 3.8) is 0 Å². The standard InChI is InChI=1S/C26H24N2O6/c29-24-14-7-19-23-16(10-28(19)25(30)17(14)11-32-26(24)31)22(13-5-3-1-2-4-6-13)15-8-20-21(34-12-33-20)9-18(15)27-23/h7-9,13,24,29H,1-6,10-12H2. The van der Waals surface area contributed by atoms with Crippen molar-refractivity contribution in [2.24, 2.45) is 0 Å². The summed E-state index contributed by atoms with van der Waals surface area (Å²) in [5, 5.41) is 11.5. The maximum Gasteiger partial charge on any atom is 0.340 e. The molecule has 0 bridgehead atoms. The zero-order valence-electron chi connectivity index (χ0n) is 18.6. The summed E-state index contributed by atoms with van der Waals surface area (Å²) < 4.78 is 18.0. The van der Waals surface area contributed by atoms with Crippen LogP contribution in [-0.4, -0.2) is 27.4 Å². The highest BCUT2D eigenvalue weighted by Gasteiger charge is 2.36. The van der Waals surface area contributed by atoms with Gasteiger partial charge in [-0.2, -0.15) is 0 Å². The third-order valence-corrected chi connectivity index (χ3v) is 7.76. The third kappa shape index (κ3) is 2.78. The van der Waals surface area contributed by atoms with Gasteiger partial charge in [-0.3, -0.25) is 4.79 Å². The van der Waals surface area contributed by atoms with Crippen molar-refractivity contribution in [1.82, 2.24) is 9.55 Å². The highest BCUT2D eigenvalue weighted by atomic mass is 16.7. The van der Waals surface area contributed by atoms with Crippen molar-refractivity contribution < 1.29 is 24.1 Å². The van der Waals surface area contributed by atoms with E-state index >= 15 is 0 Å². The normalized spacial score (nSPS) is 21.1. The molecular weight excluding hydrogens is 436 g/mol. The monoisotopic (exact) mass is 460 g/mol. The van der Waals surface area contributed by atoms with Crippen LogP contribution in [-0.2, 0) is 22.7 Å². The van der Waals surface area contributed by atoms with Gasteiger partial charge in [0.25, 0.3) is 5.56 Å². The first-order chi connectivity index (χ1) is 16.6. The molecule has 5 heterocycles. The summed E-state index contributed by atoms with van der Waals surface area (Å²) in [4.78, 5) is 30.4. The van der Waals surface area contributed by atoms with E-state index < -0.39 is 12.1 Å². The minimum absolute atomic E-state index is 0.118. The van der Waals surface area contributed by atoms with E-state index in [2.05, 4.69) is 0 Å². The third-order valence-electron chi connectivity index (χ3n) is 7.76. The Hall–Kier alpha value is -3.39. The zero-order valence-corrected chi connectivity index (χ0v) is 18.6. The van der Waals surface area contributed by atoms with Gasteiger partial charge in [-0.1, -0.05) is 25.7 Å². The number of hydrogen-bond donors (Lipinski definition) is 1. The van der Waals surface area contributed by atoms with Crippen LogP contribution in [0.15, 0.2) is 23.0 Å². The van der Waals surface area contributed by atoms with Crippen LogP contribution in [0, 0.1) is 0 Å². The van der Waals surface area contributed by atoms with E-state index in [1.165, 1.54) is 31.2 Å². The van der Waals surface area contributed by atoms with Crippen LogP contribution >= 0.6 is 0 Å². The predicted molar refractivity (Wildman–Crippen MR) is 122 cm³/mol. The second-order valence-electron chi connectivity index (χ2n) is 9.63. The number of esters is 1. The molecule has 2 aromatic heterocycles. The number of pyridine rings is 2. The Morgan fingerprint density at radius 2 is 1.71 bits per heavy atom. The van der Waals surface area contributed by atoms with Gasteiger partial charge in [0.2, 0.25) is 6.79 Å². The van der Waals surface area contributed by atoms with Crippen LogP contribution < -0.4 is 15.0 Å². The SMILES string of the molecule is O=C1OCc2c(cc3n(c2=O)Cc2c-3nc3cc4c(cc3c2C2CCCCCC2)OCO4)C1O. The number of aromatic nitrogens is 2. The van der Waals surface area contributed by atoms with Crippen LogP contribution in [0.5, 0.6) is 11.5 Å². The molecule has 8 nitrogen and oxygen atoms in total. The fourth-order valence-corrected chi connectivity index (χ4v) is 6.08. The van der Waals surface area contributed by atoms with Crippen LogP contribution in [0.3, 0.4) is 0 Å². The molecule has 34 heavy (non-hydrogen) atoms. The van der Waals surface area contributed by atoms with Crippen molar-refractivity contribution in [2.45, 2.75) is 63.7 Å². The number of aliphatic hydroxyl groups excluding tert-OH is 1. The van der Waals surface area contributed by atoms with Crippen molar-refractivity contribution in [3.8, 4) is 22.9 Å². The highest BCUT2D eigenvalue weighted by Crippen LogP contribution is 2.46. The fourth-order valence-electron chi connectivity index (χ4n) is 6.08. The number of hydrogen-bond acceptors (Lipinski definition) is 7. The molecule has 1 atom stereocenters. The van der Waals surface area contributed by atoms with Gasteiger partial charge in [-0.05, 0) is 36.5 Å². The number of carbonyl (C=O) groups excluding carboxylic acids is 1. The summed E-state index contributed by atoms with van der Waals surface area (Å²) in [7, 11) is 0. The van der Waals surface area contributed by atoms with E-state index in [4.69, 9.17) is 19.2 Å². The van der Waals surface area contributed by atoms with Crippen molar-refractivity contribution in [3.05, 3.63) is 50.8 Å². The summed E-state index contributed by atoms with van der Waals surface area (Å²) >= 11 is 0. The molecule has 0 amide bonds. The lowest BCUT2D eigenvalue weighted by atomic mass is 9.85. The molecule has 4 aliphatic rings. The molecular formula is C26H24N2O6. The van der Waals surface area contributed by atoms with Crippen molar-refractivity contribution in [1.29, 1.82) is 0 Å². The minimum Gasteiger partial charge on any atom is -0.458 e. The molecule has 174 valence electrons. The Morgan fingerprint density at radius 1 is 0.941 bits per heavy atom. The molecule has 1 saturated carbocycles. The smallest absolute Gasteiger partial charge is 0.340 e. The Balaban J connectivity index is 1.50. The topological polar surface area (TPSA) is 99.9 Å². The number of nitrogens with zero attached hydrogens (tertiary/aromatic N) is 2. The summed E-state index contributed by atoms with van der Waals surface area (Å²) in [6.07, 6.45) is 5.59. The molecule has 0 saturated heterocycles. The van der Waals surface area contributed by atoms with E-state index in [-0.39, 0.29) is 19.0 Å². The first-order valence-corrected chi connectivity index (χ1v) is 12.0.